The van der Waals surface area contributed by atoms with Crippen molar-refractivity contribution in [1.82, 2.24) is 0 Å². The Kier molecular flexibility index (Phi) is 6.42. The molecule has 0 unspecified atom stereocenters. The molecule has 33 heavy (non-hydrogen) atoms. The molecule has 0 spiro atoms. The van der Waals surface area contributed by atoms with Crippen molar-refractivity contribution in [3.05, 3.63) is 98.6 Å². The molecule has 2 N–H and O–H groups in total. The SMILES string of the molecule is Cc1ccccc1NC(=O)c1cccc(NC2=C(Cl)C(=O)N(c3ccc(Cl)cc3Cl)C2=O)c1. The number of para-hydroxylation sites is 1. The molecule has 0 aromatic heterocycles. The molecule has 3 amide bonds. The van der Waals surface area contributed by atoms with Gasteiger partial charge in [-0.2, -0.15) is 0 Å². The Hall–Kier alpha value is -3.32. The molecule has 0 radical (unpaired) electrons. The van der Waals surface area contributed by atoms with Gasteiger partial charge in [-0.15, -0.1) is 0 Å². The van der Waals surface area contributed by atoms with E-state index in [-0.39, 0.29) is 27.3 Å². The van der Waals surface area contributed by atoms with Crippen LogP contribution in [-0.4, -0.2) is 17.7 Å². The van der Waals surface area contributed by atoms with Crippen LogP contribution in [0.15, 0.2) is 77.5 Å². The van der Waals surface area contributed by atoms with Crippen molar-refractivity contribution >= 4 is 69.6 Å². The van der Waals surface area contributed by atoms with Crippen molar-refractivity contribution < 1.29 is 14.4 Å². The molecule has 1 aliphatic rings. The number of hydrogen-bond donors (Lipinski definition) is 2. The van der Waals surface area contributed by atoms with Crippen LogP contribution in [0.1, 0.15) is 15.9 Å². The van der Waals surface area contributed by atoms with Gasteiger partial charge in [0, 0.05) is 22.0 Å². The molecule has 9 heteroatoms. The van der Waals surface area contributed by atoms with Gasteiger partial charge in [0.2, 0.25) is 0 Å². The number of carbonyl (C=O) groups is 3. The maximum atomic E-state index is 13.0. The lowest BCUT2D eigenvalue weighted by molar-refractivity contribution is -0.120. The number of carbonyl (C=O) groups excluding carboxylic acids is 3. The van der Waals surface area contributed by atoms with Gasteiger partial charge in [0.05, 0.1) is 10.7 Å². The highest BCUT2D eigenvalue weighted by atomic mass is 35.5. The molecule has 3 aromatic rings. The Labute approximate surface area is 204 Å². The third-order valence-electron chi connectivity index (χ3n) is 4.97. The number of rotatable bonds is 5. The van der Waals surface area contributed by atoms with Gasteiger partial charge in [0.15, 0.2) is 0 Å². The van der Waals surface area contributed by atoms with Crippen LogP contribution in [0.4, 0.5) is 17.1 Å². The number of halogens is 3. The normalized spacial score (nSPS) is 13.5. The average molecular weight is 501 g/mol. The molecule has 0 atom stereocenters. The predicted octanol–water partition coefficient (Wildman–Crippen LogP) is 5.99. The highest BCUT2D eigenvalue weighted by molar-refractivity contribution is 6.54. The zero-order valence-corrected chi connectivity index (χ0v) is 19.4. The number of anilines is 3. The van der Waals surface area contributed by atoms with E-state index in [1.54, 1.807) is 30.3 Å². The summed E-state index contributed by atoms with van der Waals surface area (Å²) < 4.78 is 0. The van der Waals surface area contributed by atoms with Gasteiger partial charge in [-0.1, -0.05) is 59.1 Å². The zero-order chi connectivity index (χ0) is 23.7. The lowest BCUT2D eigenvalue weighted by Crippen LogP contribution is -2.32. The molecular formula is C24H16Cl3N3O3. The van der Waals surface area contributed by atoms with Crippen LogP contribution >= 0.6 is 34.8 Å². The smallest absolute Gasteiger partial charge is 0.283 e. The van der Waals surface area contributed by atoms with E-state index < -0.39 is 11.8 Å². The van der Waals surface area contributed by atoms with E-state index in [4.69, 9.17) is 34.8 Å². The molecule has 0 saturated heterocycles. The van der Waals surface area contributed by atoms with Gasteiger partial charge in [0.25, 0.3) is 17.7 Å². The number of hydrogen-bond acceptors (Lipinski definition) is 4. The van der Waals surface area contributed by atoms with E-state index in [2.05, 4.69) is 10.6 Å². The standard InChI is InChI=1S/C24H16Cl3N3O3/c1-13-5-2-3-8-18(13)29-22(31)14-6-4-7-16(11-14)28-21-20(27)23(32)30(24(21)33)19-10-9-15(25)12-17(19)26/h2-12,28H,1H3,(H,29,31). The molecule has 166 valence electrons. The van der Waals surface area contributed by atoms with Gasteiger partial charge in [-0.3, -0.25) is 14.4 Å². The lowest BCUT2D eigenvalue weighted by Gasteiger charge is -2.17. The average Bonchev–Trinajstić information content (AvgIpc) is 2.99. The van der Waals surface area contributed by atoms with Gasteiger partial charge in [-0.25, -0.2) is 4.90 Å². The van der Waals surface area contributed by atoms with Crippen molar-refractivity contribution in [2.45, 2.75) is 6.92 Å². The van der Waals surface area contributed by atoms with Crippen LogP contribution in [0, 0.1) is 6.92 Å². The maximum Gasteiger partial charge on any atom is 0.283 e. The van der Waals surface area contributed by atoms with Crippen molar-refractivity contribution in [2.75, 3.05) is 15.5 Å². The lowest BCUT2D eigenvalue weighted by atomic mass is 10.1. The number of imide groups is 1. The van der Waals surface area contributed by atoms with Gasteiger partial charge >= 0.3 is 0 Å². The summed E-state index contributed by atoms with van der Waals surface area (Å²) in [6.45, 7) is 1.89. The summed E-state index contributed by atoms with van der Waals surface area (Å²) in [4.78, 5) is 39.3. The monoisotopic (exact) mass is 499 g/mol. The van der Waals surface area contributed by atoms with E-state index in [1.807, 2.05) is 25.1 Å². The highest BCUT2D eigenvalue weighted by Crippen LogP contribution is 2.35. The van der Waals surface area contributed by atoms with E-state index in [1.165, 1.54) is 18.2 Å². The predicted molar refractivity (Wildman–Crippen MR) is 131 cm³/mol. The summed E-state index contributed by atoms with van der Waals surface area (Å²) in [6, 6.07) is 18.3. The third-order valence-corrected chi connectivity index (χ3v) is 5.85. The highest BCUT2D eigenvalue weighted by Gasteiger charge is 2.39. The fraction of sp³-hybridized carbons (Fsp3) is 0.0417. The minimum Gasteiger partial charge on any atom is -0.350 e. The Morgan fingerprint density at radius 1 is 0.879 bits per heavy atom. The van der Waals surface area contributed by atoms with Crippen LogP contribution in [0.2, 0.25) is 10.0 Å². The Morgan fingerprint density at radius 2 is 1.64 bits per heavy atom. The second-order valence-corrected chi connectivity index (χ2v) is 8.43. The Bertz CT molecular complexity index is 1340. The Morgan fingerprint density at radius 3 is 2.36 bits per heavy atom. The van der Waals surface area contributed by atoms with E-state index in [0.29, 0.717) is 22.0 Å². The van der Waals surface area contributed by atoms with Crippen molar-refractivity contribution in [3.63, 3.8) is 0 Å². The molecule has 0 fully saturated rings. The molecule has 4 rings (SSSR count). The zero-order valence-electron chi connectivity index (χ0n) is 17.2. The Balaban J connectivity index is 1.56. The summed E-state index contributed by atoms with van der Waals surface area (Å²) in [7, 11) is 0. The summed E-state index contributed by atoms with van der Waals surface area (Å²) >= 11 is 18.3. The molecule has 0 bridgehead atoms. The largest absolute Gasteiger partial charge is 0.350 e. The minimum atomic E-state index is -0.721. The van der Waals surface area contributed by atoms with Crippen LogP contribution in [-0.2, 0) is 9.59 Å². The summed E-state index contributed by atoms with van der Waals surface area (Å²) in [5, 5.41) is 5.91. The number of nitrogens with zero attached hydrogens (tertiary/aromatic N) is 1. The van der Waals surface area contributed by atoms with Crippen molar-refractivity contribution in [3.8, 4) is 0 Å². The van der Waals surface area contributed by atoms with Crippen LogP contribution in [0.3, 0.4) is 0 Å². The first-order valence-electron chi connectivity index (χ1n) is 9.74. The summed E-state index contributed by atoms with van der Waals surface area (Å²) in [5.41, 5.74) is 2.42. The molecule has 1 heterocycles. The molecular weight excluding hydrogens is 485 g/mol. The first-order valence-corrected chi connectivity index (χ1v) is 10.9. The number of aryl methyl sites for hydroxylation is 1. The fourth-order valence-corrected chi connectivity index (χ4v) is 3.99. The summed E-state index contributed by atoms with van der Waals surface area (Å²) in [6.07, 6.45) is 0. The molecule has 3 aromatic carbocycles. The molecule has 1 aliphatic heterocycles. The topological polar surface area (TPSA) is 78.5 Å². The van der Waals surface area contributed by atoms with Gasteiger partial charge in [0.1, 0.15) is 10.7 Å². The van der Waals surface area contributed by atoms with E-state index in [0.717, 1.165) is 10.5 Å². The first kappa shape index (κ1) is 22.9. The fourth-order valence-electron chi connectivity index (χ4n) is 3.28. The third kappa shape index (κ3) is 4.59. The minimum absolute atomic E-state index is 0.121. The first-order chi connectivity index (χ1) is 15.8. The maximum absolute atomic E-state index is 13.0. The van der Waals surface area contributed by atoms with Gasteiger partial charge in [-0.05, 0) is 55.0 Å². The van der Waals surface area contributed by atoms with E-state index in [9.17, 15) is 14.4 Å². The number of benzene rings is 3. The molecule has 6 nitrogen and oxygen atoms in total. The van der Waals surface area contributed by atoms with Crippen molar-refractivity contribution in [2.24, 2.45) is 0 Å². The molecule has 0 aliphatic carbocycles. The van der Waals surface area contributed by atoms with Crippen molar-refractivity contribution in [1.29, 1.82) is 0 Å². The number of amides is 3. The van der Waals surface area contributed by atoms with Crippen LogP contribution < -0.4 is 15.5 Å². The van der Waals surface area contributed by atoms with Crippen LogP contribution in [0.5, 0.6) is 0 Å². The second kappa shape index (κ2) is 9.27. The summed E-state index contributed by atoms with van der Waals surface area (Å²) in [5.74, 6) is -1.72. The number of nitrogens with one attached hydrogen (secondary N) is 2. The second-order valence-electron chi connectivity index (χ2n) is 7.21. The molecule has 0 saturated carbocycles. The van der Waals surface area contributed by atoms with E-state index >= 15 is 0 Å². The van der Waals surface area contributed by atoms with Gasteiger partial charge < -0.3 is 10.6 Å². The quantitative estimate of drug-likeness (QED) is 0.422. The van der Waals surface area contributed by atoms with Crippen LogP contribution in [0.25, 0.3) is 0 Å².